The number of benzene rings is 2. The molecule has 2 aromatic carbocycles. The van der Waals surface area contributed by atoms with Crippen molar-refractivity contribution in [1.29, 1.82) is 10.7 Å². The molecule has 21 heavy (non-hydrogen) atoms. The van der Waals surface area contributed by atoms with Crippen molar-refractivity contribution in [2.24, 2.45) is 0 Å². The van der Waals surface area contributed by atoms with E-state index in [2.05, 4.69) is 5.32 Å². The van der Waals surface area contributed by atoms with Crippen LogP contribution in [-0.4, -0.2) is 12.9 Å². The molecule has 0 aliphatic carbocycles. The maximum absolute atomic E-state index is 13.8. The second kappa shape index (κ2) is 6.01. The molecule has 0 fully saturated rings. The van der Waals surface area contributed by atoms with Crippen LogP contribution in [0.1, 0.15) is 11.1 Å². The average molecular weight is 287 g/mol. The van der Waals surface area contributed by atoms with E-state index in [1.165, 1.54) is 7.11 Å². The van der Waals surface area contributed by atoms with E-state index >= 15 is 0 Å². The van der Waals surface area contributed by atoms with E-state index in [0.717, 1.165) is 12.1 Å². The topological polar surface area (TPSA) is 68.9 Å². The molecule has 0 aromatic heterocycles. The summed E-state index contributed by atoms with van der Waals surface area (Å²) in [5, 5.41) is 18.9. The van der Waals surface area contributed by atoms with Crippen LogP contribution in [0, 0.1) is 28.4 Å². The molecular weight excluding hydrogens is 276 g/mol. The summed E-state index contributed by atoms with van der Waals surface area (Å²) < 4.78 is 32.6. The van der Waals surface area contributed by atoms with Crippen molar-refractivity contribution in [3.05, 3.63) is 59.2 Å². The summed E-state index contributed by atoms with van der Waals surface area (Å²) in [6, 6.07) is 10.1. The first-order valence-corrected chi connectivity index (χ1v) is 5.95. The Balaban J connectivity index is 2.35. The van der Waals surface area contributed by atoms with Gasteiger partial charge in [-0.1, -0.05) is 12.1 Å². The molecule has 0 bridgehead atoms. The first-order valence-electron chi connectivity index (χ1n) is 5.95. The van der Waals surface area contributed by atoms with Gasteiger partial charge in [-0.2, -0.15) is 5.26 Å². The second-order valence-electron chi connectivity index (χ2n) is 4.13. The van der Waals surface area contributed by atoms with Crippen LogP contribution in [0.15, 0.2) is 36.4 Å². The molecular formula is C15H11F2N3O. The van der Waals surface area contributed by atoms with Gasteiger partial charge in [-0.05, 0) is 24.3 Å². The number of rotatable bonds is 3. The minimum absolute atomic E-state index is 0.126. The summed E-state index contributed by atoms with van der Waals surface area (Å²) >= 11 is 0. The van der Waals surface area contributed by atoms with Crippen LogP contribution in [0.2, 0.25) is 0 Å². The lowest BCUT2D eigenvalue weighted by molar-refractivity contribution is 0.414. The Morgan fingerprint density at radius 2 is 1.86 bits per heavy atom. The van der Waals surface area contributed by atoms with E-state index in [1.54, 1.807) is 30.3 Å². The molecule has 0 aliphatic rings. The fourth-order valence-corrected chi connectivity index (χ4v) is 1.80. The molecule has 2 rings (SSSR count). The normalized spacial score (nSPS) is 9.81. The molecule has 0 heterocycles. The maximum atomic E-state index is 13.8. The van der Waals surface area contributed by atoms with Crippen LogP contribution >= 0.6 is 0 Å². The predicted molar refractivity (Wildman–Crippen MR) is 74.5 cm³/mol. The van der Waals surface area contributed by atoms with Gasteiger partial charge >= 0.3 is 0 Å². The number of nitriles is 1. The number of amidine groups is 1. The smallest absolute Gasteiger partial charge is 0.151 e. The SMILES string of the molecule is COc1ccccc1C(=N)Nc1c(F)cc(C#N)cc1F. The summed E-state index contributed by atoms with van der Waals surface area (Å²) in [5.74, 6) is -1.68. The van der Waals surface area contributed by atoms with E-state index in [4.69, 9.17) is 15.4 Å². The van der Waals surface area contributed by atoms with Crippen LogP contribution in [0.25, 0.3) is 0 Å². The number of halogens is 2. The molecule has 106 valence electrons. The monoisotopic (exact) mass is 287 g/mol. The fraction of sp³-hybridized carbons (Fsp3) is 0.0667. The zero-order chi connectivity index (χ0) is 15.4. The zero-order valence-corrected chi connectivity index (χ0v) is 11.1. The predicted octanol–water partition coefficient (Wildman–Crippen LogP) is 3.28. The number of nitrogens with one attached hydrogen (secondary N) is 2. The summed E-state index contributed by atoms with van der Waals surface area (Å²) in [6.07, 6.45) is 0. The Labute approximate surface area is 120 Å². The molecule has 0 saturated heterocycles. The molecule has 0 unspecified atom stereocenters. The first-order chi connectivity index (χ1) is 10.1. The third-order valence-corrected chi connectivity index (χ3v) is 2.80. The van der Waals surface area contributed by atoms with Crippen molar-refractivity contribution in [3.63, 3.8) is 0 Å². The van der Waals surface area contributed by atoms with Crippen molar-refractivity contribution < 1.29 is 13.5 Å². The summed E-state index contributed by atoms with van der Waals surface area (Å²) in [4.78, 5) is 0. The molecule has 0 spiro atoms. The van der Waals surface area contributed by atoms with Crippen LogP contribution < -0.4 is 10.1 Å². The lowest BCUT2D eigenvalue weighted by Gasteiger charge is -2.13. The highest BCUT2D eigenvalue weighted by atomic mass is 19.1. The van der Waals surface area contributed by atoms with Gasteiger partial charge in [-0.25, -0.2) is 8.78 Å². The summed E-state index contributed by atoms with van der Waals surface area (Å²) in [5.41, 5.74) is -0.243. The Kier molecular flexibility index (Phi) is 4.14. The van der Waals surface area contributed by atoms with E-state index in [-0.39, 0.29) is 11.4 Å². The van der Waals surface area contributed by atoms with Crippen molar-refractivity contribution in [2.75, 3.05) is 12.4 Å². The number of hydrogen-bond donors (Lipinski definition) is 2. The van der Waals surface area contributed by atoms with Crippen LogP contribution in [0.3, 0.4) is 0 Å². The molecule has 0 radical (unpaired) electrons. The molecule has 0 saturated carbocycles. The van der Waals surface area contributed by atoms with Crippen molar-refractivity contribution in [2.45, 2.75) is 0 Å². The third-order valence-electron chi connectivity index (χ3n) is 2.80. The van der Waals surface area contributed by atoms with Gasteiger partial charge in [-0.3, -0.25) is 5.41 Å². The van der Waals surface area contributed by atoms with Gasteiger partial charge < -0.3 is 10.1 Å². The highest BCUT2D eigenvalue weighted by Gasteiger charge is 2.15. The first kappa shape index (κ1) is 14.5. The Bertz CT molecular complexity index is 715. The Morgan fingerprint density at radius 1 is 1.24 bits per heavy atom. The molecule has 0 aliphatic heterocycles. The quantitative estimate of drug-likeness (QED) is 0.672. The lowest BCUT2D eigenvalue weighted by atomic mass is 10.1. The number of methoxy groups -OCH3 is 1. The highest BCUT2D eigenvalue weighted by molar-refractivity contribution is 6.08. The maximum Gasteiger partial charge on any atom is 0.151 e. The largest absolute Gasteiger partial charge is 0.496 e. The van der Waals surface area contributed by atoms with Gasteiger partial charge in [0.15, 0.2) is 11.6 Å². The molecule has 0 amide bonds. The van der Waals surface area contributed by atoms with Gasteiger partial charge in [0.2, 0.25) is 0 Å². The standard InChI is InChI=1S/C15H11F2N3O/c1-21-13-5-3-2-4-10(13)15(19)20-14-11(16)6-9(8-18)7-12(14)17/h2-7H,1H3,(H2,19,20). The number of hydrogen-bond acceptors (Lipinski definition) is 3. The number of anilines is 1. The average Bonchev–Trinajstić information content (AvgIpc) is 2.50. The van der Waals surface area contributed by atoms with E-state index in [1.807, 2.05) is 0 Å². The van der Waals surface area contributed by atoms with Gasteiger partial charge in [0.05, 0.1) is 24.3 Å². The van der Waals surface area contributed by atoms with Crippen LogP contribution in [-0.2, 0) is 0 Å². The van der Waals surface area contributed by atoms with Gasteiger partial charge in [0.1, 0.15) is 17.3 Å². The van der Waals surface area contributed by atoms with E-state index < -0.39 is 17.3 Å². The minimum Gasteiger partial charge on any atom is -0.496 e. The highest BCUT2D eigenvalue weighted by Crippen LogP contribution is 2.23. The number of para-hydroxylation sites is 1. The van der Waals surface area contributed by atoms with Crippen molar-refractivity contribution in [3.8, 4) is 11.8 Å². The molecule has 6 heteroatoms. The number of nitrogens with zero attached hydrogens (tertiary/aromatic N) is 1. The molecule has 2 aromatic rings. The Hall–Kier alpha value is -2.94. The molecule has 4 nitrogen and oxygen atoms in total. The second-order valence-corrected chi connectivity index (χ2v) is 4.13. The summed E-state index contributed by atoms with van der Waals surface area (Å²) in [7, 11) is 1.44. The molecule has 0 atom stereocenters. The fourth-order valence-electron chi connectivity index (χ4n) is 1.80. The van der Waals surface area contributed by atoms with Gasteiger partial charge in [-0.15, -0.1) is 0 Å². The third kappa shape index (κ3) is 2.98. The minimum atomic E-state index is -0.939. The van der Waals surface area contributed by atoms with Crippen LogP contribution in [0.4, 0.5) is 14.5 Å². The van der Waals surface area contributed by atoms with E-state index in [0.29, 0.717) is 11.3 Å². The van der Waals surface area contributed by atoms with Gasteiger partial charge in [0.25, 0.3) is 0 Å². The lowest BCUT2D eigenvalue weighted by Crippen LogP contribution is -2.15. The molecule has 2 N–H and O–H groups in total. The van der Waals surface area contributed by atoms with Crippen LogP contribution in [0.5, 0.6) is 5.75 Å². The van der Waals surface area contributed by atoms with Crippen molar-refractivity contribution >= 4 is 11.5 Å². The summed E-state index contributed by atoms with van der Waals surface area (Å²) in [6.45, 7) is 0. The van der Waals surface area contributed by atoms with E-state index in [9.17, 15) is 8.78 Å². The Morgan fingerprint density at radius 3 is 2.43 bits per heavy atom. The zero-order valence-electron chi connectivity index (χ0n) is 11.1. The number of ether oxygens (including phenoxy) is 1. The van der Waals surface area contributed by atoms with Crippen molar-refractivity contribution in [1.82, 2.24) is 0 Å². The van der Waals surface area contributed by atoms with Gasteiger partial charge in [0, 0.05) is 0 Å².